The average Bonchev–Trinajstić information content (AvgIpc) is 3.27. The molecule has 9 heteroatoms. The fraction of sp³-hybridized carbons (Fsp3) is 0.500. The lowest BCUT2D eigenvalue weighted by molar-refractivity contribution is 0.174. The van der Waals surface area contributed by atoms with Gasteiger partial charge < -0.3 is 29.4 Å². The lowest BCUT2D eigenvalue weighted by Gasteiger charge is -2.12. The Morgan fingerprint density at radius 3 is 2.89 bits per heavy atom. The molecule has 0 radical (unpaired) electrons. The lowest BCUT2D eigenvalue weighted by atomic mass is 10.2. The minimum atomic E-state index is 0.271. The number of aromatic nitrogens is 3. The van der Waals surface area contributed by atoms with Gasteiger partial charge in [0.25, 0.3) is 0 Å². The molecule has 2 heterocycles. The molecule has 3 rings (SSSR count). The number of hydrogen-bond donors (Lipinski definition) is 2. The van der Waals surface area contributed by atoms with Crippen LogP contribution < -0.4 is 20.1 Å². The van der Waals surface area contributed by atoms with Gasteiger partial charge in [0.2, 0.25) is 6.79 Å². The topological polar surface area (TPSA) is 94.8 Å². The summed E-state index contributed by atoms with van der Waals surface area (Å²) in [6.07, 6.45) is 0.893. The summed E-state index contributed by atoms with van der Waals surface area (Å²) in [5, 5.41) is 14.9. The quantitative estimate of drug-likeness (QED) is 0.406. The second-order valence-electron chi connectivity index (χ2n) is 6.20. The van der Waals surface area contributed by atoms with Gasteiger partial charge in [0, 0.05) is 27.3 Å². The first-order valence-electron chi connectivity index (χ1n) is 8.92. The molecule has 146 valence electrons. The highest BCUT2D eigenvalue weighted by molar-refractivity contribution is 5.79. The molecule has 0 aliphatic carbocycles. The molecule has 0 atom stereocenters. The highest BCUT2D eigenvalue weighted by atomic mass is 16.7. The Hall–Kier alpha value is -2.81. The molecule has 0 spiro atoms. The van der Waals surface area contributed by atoms with Crippen molar-refractivity contribution in [3.8, 4) is 11.5 Å². The number of aliphatic imine (C=N–C) groups is 1. The van der Waals surface area contributed by atoms with Gasteiger partial charge in [-0.25, -0.2) is 4.99 Å². The second kappa shape index (κ2) is 9.22. The Kier molecular flexibility index (Phi) is 6.48. The molecule has 0 bridgehead atoms. The van der Waals surface area contributed by atoms with Crippen molar-refractivity contribution in [1.82, 2.24) is 25.4 Å². The third-order valence-corrected chi connectivity index (χ3v) is 4.27. The van der Waals surface area contributed by atoms with Crippen LogP contribution >= 0.6 is 0 Å². The molecule has 2 N–H and O–H groups in total. The van der Waals surface area contributed by atoms with Crippen molar-refractivity contribution in [2.45, 2.75) is 26.4 Å². The molecule has 0 amide bonds. The second-order valence-corrected chi connectivity index (χ2v) is 6.20. The van der Waals surface area contributed by atoms with Gasteiger partial charge in [-0.3, -0.25) is 0 Å². The SMILES string of the molecule is COCCCNC(=NCc1ccc2c(c1)OCO2)NCc1nnc(C)n1C. The minimum Gasteiger partial charge on any atom is -0.454 e. The number of rotatable bonds is 8. The molecular formula is C18H26N6O3. The summed E-state index contributed by atoms with van der Waals surface area (Å²) in [7, 11) is 3.64. The highest BCUT2D eigenvalue weighted by Crippen LogP contribution is 2.32. The summed E-state index contributed by atoms with van der Waals surface area (Å²) >= 11 is 0. The third-order valence-electron chi connectivity index (χ3n) is 4.27. The molecule has 1 aliphatic heterocycles. The van der Waals surface area contributed by atoms with Crippen LogP contribution in [-0.2, 0) is 24.9 Å². The third kappa shape index (κ3) is 5.10. The van der Waals surface area contributed by atoms with Crippen LogP contribution in [0.1, 0.15) is 23.6 Å². The smallest absolute Gasteiger partial charge is 0.231 e. The maximum atomic E-state index is 5.42. The summed E-state index contributed by atoms with van der Waals surface area (Å²) in [6.45, 7) is 4.72. The average molecular weight is 374 g/mol. The highest BCUT2D eigenvalue weighted by Gasteiger charge is 2.13. The van der Waals surface area contributed by atoms with Crippen molar-refractivity contribution < 1.29 is 14.2 Å². The fourth-order valence-corrected chi connectivity index (χ4v) is 2.57. The standard InChI is InChI=1S/C18H26N6O3/c1-13-22-23-17(24(13)2)11-21-18(19-7-4-8-25-3)20-10-14-5-6-15-16(9-14)27-12-26-15/h5-6,9H,4,7-8,10-12H2,1-3H3,(H2,19,20,21). The predicted molar refractivity (Wildman–Crippen MR) is 101 cm³/mol. The Morgan fingerprint density at radius 2 is 2.11 bits per heavy atom. The first kappa shape index (κ1) is 19.0. The van der Waals surface area contributed by atoms with E-state index in [1.165, 1.54) is 0 Å². The van der Waals surface area contributed by atoms with E-state index in [9.17, 15) is 0 Å². The van der Waals surface area contributed by atoms with E-state index in [-0.39, 0.29) is 6.79 Å². The van der Waals surface area contributed by atoms with E-state index in [0.717, 1.165) is 41.7 Å². The summed E-state index contributed by atoms with van der Waals surface area (Å²) in [4.78, 5) is 4.67. The monoisotopic (exact) mass is 374 g/mol. The van der Waals surface area contributed by atoms with Gasteiger partial charge in [-0.2, -0.15) is 0 Å². The number of fused-ring (bicyclic) bond motifs is 1. The largest absolute Gasteiger partial charge is 0.454 e. The van der Waals surface area contributed by atoms with Gasteiger partial charge in [-0.15, -0.1) is 10.2 Å². The Morgan fingerprint density at radius 1 is 1.26 bits per heavy atom. The lowest BCUT2D eigenvalue weighted by Crippen LogP contribution is -2.38. The van der Waals surface area contributed by atoms with Crippen LogP contribution in [0.25, 0.3) is 0 Å². The van der Waals surface area contributed by atoms with E-state index in [0.29, 0.717) is 25.7 Å². The van der Waals surface area contributed by atoms with Crippen molar-refractivity contribution in [3.63, 3.8) is 0 Å². The number of hydrogen-bond acceptors (Lipinski definition) is 6. The number of benzene rings is 1. The molecule has 2 aromatic rings. The molecule has 0 unspecified atom stereocenters. The molecule has 0 saturated heterocycles. The van der Waals surface area contributed by atoms with Crippen LogP contribution in [-0.4, -0.2) is 47.8 Å². The maximum Gasteiger partial charge on any atom is 0.231 e. The summed E-state index contributed by atoms with van der Waals surface area (Å²) in [5.41, 5.74) is 1.05. The molecule has 1 aromatic carbocycles. The summed E-state index contributed by atoms with van der Waals surface area (Å²) in [5.74, 6) is 3.97. The van der Waals surface area contributed by atoms with Crippen LogP contribution in [0.5, 0.6) is 11.5 Å². The fourth-order valence-electron chi connectivity index (χ4n) is 2.57. The van der Waals surface area contributed by atoms with E-state index in [2.05, 4.69) is 25.8 Å². The molecule has 27 heavy (non-hydrogen) atoms. The number of ether oxygens (including phenoxy) is 3. The van der Waals surface area contributed by atoms with Gasteiger partial charge in [-0.1, -0.05) is 6.07 Å². The minimum absolute atomic E-state index is 0.271. The molecule has 9 nitrogen and oxygen atoms in total. The van der Waals surface area contributed by atoms with Crippen molar-refractivity contribution in [2.75, 3.05) is 27.1 Å². The Bertz CT molecular complexity index is 789. The van der Waals surface area contributed by atoms with Crippen LogP contribution in [0, 0.1) is 6.92 Å². The first-order chi connectivity index (χ1) is 13.2. The van der Waals surface area contributed by atoms with Gasteiger partial charge >= 0.3 is 0 Å². The van der Waals surface area contributed by atoms with Gasteiger partial charge in [0.1, 0.15) is 5.82 Å². The number of guanidine groups is 1. The molecule has 0 saturated carbocycles. The van der Waals surface area contributed by atoms with Crippen molar-refractivity contribution in [2.24, 2.45) is 12.0 Å². The van der Waals surface area contributed by atoms with E-state index in [1.54, 1.807) is 7.11 Å². The van der Waals surface area contributed by atoms with Gasteiger partial charge in [0.15, 0.2) is 23.3 Å². The van der Waals surface area contributed by atoms with E-state index < -0.39 is 0 Å². The molecule has 0 fully saturated rings. The normalized spacial score (nSPS) is 13.1. The van der Waals surface area contributed by atoms with E-state index >= 15 is 0 Å². The van der Waals surface area contributed by atoms with Crippen LogP contribution in [0.15, 0.2) is 23.2 Å². The molecular weight excluding hydrogens is 348 g/mol. The summed E-state index contributed by atoms with van der Waals surface area (Å²) in [6, 6.07) is 5.86. The zero-order valence-corrected chi connectivity index (χ0v) is 16.0. The number of nitrogens with zero attached hydrogens (tertiary/aromatic N) is 4. The van der Waals surface area contributed by atoms with Crippen LogP contribution in [0.3, 0.4) is 0 Å². The molecule has 1 aromatic heterocycles. The molecule has 1 aliphatic rings. The summed E-state index contributed by atoms with van der Waals surface area (Å²) < 4.78 is 17.8. The van der Waals surface area contributed by atoms with Gasteiger partial charge in [-0.05, 0) is 31.0 Å². The van der Waals surface area contributed by atoms with E-state index in [4.69, 9.17) is 14.2 Å². The van der Waals surface area contributed by atoms with Crippen LogP contribution in [0.4, 0.5) is 0 Å². The van der Waals surface area contributed by atoms with Crippen molar-refractivity contribution in [1.29, 1.82) is 0 Å². The van der Waals surface area contributed by atoms with E-state index in [1.807, 2.05) is 36.7 Å². The number of methoxy groups -OCH3 is 1. The maximum absolute atomic E-state index is 5.42. The number of aryl methyl sites for hydroxylation is 1. The van der Waals surface area contributed by atoms with Crippen LogP contribution in [0.2, 0.25) is 0 Å². The van der Waals surface area contributed by atoms with Crippen molar-refractivity contribution in [3.05, 3.63) is 35.4 Å². The number of nitrogens with one attached hydrogen (secondary N) is 2. The predicted octanol–water partition coefficient (Wildman–Crippen LogP) is 1.12. The first-order valence-corrected chi connectivity index (χ1v) is 8.92. The Balaban J connectivity index is 1.62. The van der Waals surface area contributed by atoms with Gasteiger partial charge in [0.05, 0.1) is 13.1 Å². The zero-order chi connectivity index (χ0) is 19.1. The Labute approximate surface area is 158 Å². The van der Waals surface area contributed by atoms with Crippen molar-refractivity contribution >= 4 is 5.96 Å². The zero-order valence-electron chi connectivity index (χ0n) is 16.0.